The molecule has 0 saturated heterocycles. The molecule has 2 heterocycles. The van der Waals surface area contributed by atoms with E-state index in [4.69, 9.17) is 4.74 Å². The summed E-state index contributed by atoms with van der Waals surface area (Å²) in [5, 5.41) is 0. The van der Waals surface area contributed by atoms with Gasteiger partial charge < -0.3 is 9.30 Å². The summed E-state index contributed by atoms with van der Waals surface area (Å²) in [4.78, 5) is 30.4. The molecule has 0 saturated carbocycles. The number of benzene rings is 1. The molecule has 136 valence electrons. The molecule has 0 amide bonds. The quantitative estimate of drug-likeness (QED) is 0.771. The number of pyridine rings is 1. The fourth-order valence-electron chi connectivity index (χ4n) is 3.61. The van der Waals surface area contributed by atoms with Gasteiger partial charge in [-0.3, -0.25) is 14.6 Å². The van der Waals surface area contributed by atoms with Crippen molar-refractivity contribution in [3.8, 4) is 0 Å². The first-order valence-electron chi connectivity index (χ1n) is 9.08. The van der Waals surface area contributed by atoms with Crippen molar-refractivity contribution in [1.29, 1.82) is 0 Å². The van der Waals surface area contributed by atoms with Crippen LogP contribution in [0.25, 0.3) is 0 Å². The molecule has 5 nitrogen and oxygen atoms in total. The van der Waals surface area contributed by atoms with Crippen LogP contribution in [0.4, 0.5) is 5.69 Å². The molecule has 2 atom stereocenters. The Kier molecular flexibility index (Phi) is 5.35. The van der Waals surface area contributed by atoms with E-state index in [9.17, 15) is 9.59 Å². The van der Waals surface area contributed by atoms with Crippen molar-refractivity contribution in [3.63, 3.8) is 0 Å². The zero-order valence-corrected chi connectivity index (χ0v) is 15.4. The minimum Gasteiger partial charge on any atom is -0.465 e. The van der Waals surface area contributed by atoms with Crippen LogP contribution in [0.2, 0.25) is 0 Å². The van der Waals surface area contributed by atoms with Crippen LogP contribution in [0.15, 0.2) is 52.4 Å². The highest BCUT2D eigenvalue weighted by Crippen LogP contribution is 2.40. The Labute approximate surface area is 153 Å². The molecule has 2 aromatic rings. The van der Waals surface area contributed by atoms with Gasteiger partial charge in [-0.2, -0.15) is 0 Å². The molecule has 1 aromatic heterocycles. The Morgan fingerprint density at radius 2 is 1.92 bits per heavy atom. The normalized spacial score (nSPS) is 18.8. The van der Waals surface area contributed by atoms with Gasteiger partial charge in [0, 0.05) is 24.4 Å². The number of fused-ring (bicyclic) bond motifs is 1. The number of aryl methyl sites for hydroxylation is 1. The molecular weight excluding hydrogens is 328 g/mol. The molecule has 26 heavy (non-hydrogen) atoms. The fraction of sp³-hybridized carbons (Fsp3) is 0.381. The van der Waals surface area contributed by atoms with Crippen molar-refractivity contribution in [2.75, 3.05) is 6.61 Å². The van der Waals surface area contributed by atoms with Gasteiger partial charge in [-0.15, -0.1) is 0 Å². The molecule has 0 fully saturated rings. The van der Waals surface area contributed by atoms with Crippen LogP contribution in [-0.2, 0) is 16.1 Å². The van der Waals surface area contributed by atoms with Crippen molar-refractivity contribution in [3.05, 3.63) is 64.1 Å². The molecule has 0 bridgehead atoms. The summed E-state index contributed by atoms with van der Waals surface area (Å²) in [7, 11) is 0. The molecular formula is C21H24N2O3. The zero-order valence-electron chi connectivity index (χ0n) is 15.4. The number of esters is 1. The third-order valence-electron chi connectivity index (χ3n) is 4.73. The van der Waals surface area contributed by atoms with Crippen molar-refractivity contribution < 1.29 is 9.53 Å². The minimum absolute atomic E-state index is 0.0799. The number of aromatic nitrogens is 1. The third-order valence-corrected chi connectivity index (χ3v) is 4.73. The first kappa shape index (κ1) is 18.1. The Morgan fingerprint density at radius 3 is 2.58 bits per heavy atom. The van der Waals surface area contributed by atoms with Gasteiger partial charge in [-0.1, -0.05) is 37.3 Å². The molecule has 0 radical (unpaired) electrons. The Hall–Kier alpha value is -2.69. The first-order chi connectivity index (χ1) is 12.6. The lowest BCUT2D eigenvalue weighted by atomic mass is 9.76. The predicted octanol–water partition coefficient (Wildman–Crippen LogP) is 3.68. The van der Waals surface area contributed by atoms with Crippen molar-refractivity contribution in [2.24, 2.45) is 10.9 Å². The first-order valence-corrected chi connectivity index (χ1v) is 9.08. The molecule has 0 N–H and O–H groups in total. The van der Waals surface area contributed by atoms with Crippen LogP contribution in [0.5, 0.6) is 0 Å². The summed E-state index contributed by atoms with van der Waals surface area (Å²) in [5.74, 6) is -1.31. The van der Waals surface area contributed by atoms with Crippen LogP contribution < -0.4 is 5.56 Å². The molecule has 1 aromatic carbocycles. The van der Waals surface area contributed by atoms with E-state index in [0.717, 1.165) is 12.0 Å². The molecule has 5 heteroatoms. The molecule has 0 aliphatic carbocycles. The van der Waals surface area contributed by atoms with Gasteiger partial charge in [-0.05, 0) is 31.9 Å². The minimum atomic E-state index is -0.588. The summed E-state index contributed by atoms with van der Waals surface area (Å²) >= 11 is 0. The highest BCUT2D eigenvalue weighted by molar-refractivity contribution is 6.05. The van der Waals surface area contributed by atoms with Gasteiger partial charge in [0.25, 0.3) is 5.56 Å². The molecule has 2 unspecified atom stereocenters. The number of ether oxygens (including phenoxy) is 1. The second kappa shape index (κ2) is 7.68. The fourth-order valence-corrected chi connectivity index (χ4v) is 3.61. The second-order valence-corrected chi connectivity index (χ2v) is 6.48. The van der Waals surface area contributed by atoms with Crippen LogP contribution in [0.1, 0.15) is 44.2 Å². The predicted molar refractivity (Wildman–Crippen MR) is 102 cm³/mol. The lowest BCUT2D eigenvalue weighted by Gasteiger charge is -2.31. The molecule has 1 aliphatic heterocycles. The molecule has 3 rings (SSSR count). The Morgan fingerprint density at radius 1 is 1.19 bits per heavy atom. The summed E-state index contributed by atoms with van der Waals surface area (Å²) in [6.45, 7) is 6.58. The number of hydrogen-bond acceptors (Lipinski definition) is 4. The number of aliphatic imine (C=N–C) groups is 1. The van der Waals surface area contributed by atoms with Crippen LogP contribution in [-0.4, -0.2) is 22.9 Å². The average Bonchev–Trinajstić information content (AvgIpc) is 2.64. The van der Waals surface area contributed by atoms with Gasteiger partial charge in [0.2, 0.25) is 0 Å². The standard InChI is InChI=1S/C21H24N2O3/c1-4-12-23-13-11-16-19(20(23)24)18(15-9-7-6-8-10-15)17(14(3)22-16)21(25)26-5-2/h6-11,13,17-18H,4-5,12H2,1-3H3. The highest BCUT2D eigenvalue weighted by Gasteiger charge is 2.40. The number of hydrogen-bond donors (Lipinski definition) is 0. The van der Waals surface area contributed by atoms with Gasteiger partial charge in [0.1, 0.15) is 5.92 Å². The van der Waals surface area contributed by atoms with E-state index in [2.05, 4.69) is 4.99 Å². The van der Waals surface area contributed by atoms with E-state index in [-0.39, 0.29) is 17.4 Å². The average molecular weight is 352 g/mol. The van der Waals surface area contributed by atoms with Crippen LogP contribution in [0, 0.1) is 5.92 Å². The molecule has 1 aliphatic rings. The van der Waals surface area contributed by atoms with Gasteiger partial charge in [0.05, 0.1) is 17.9 Å². The number of carbonyl (C=O) groups excluding carboxylic acids is 1. The number of rotatable bonds is 5. The van der Waals surface area contributed by atoms with E-state index in [0.29, 0.717) is 30.1 Å². The lowest BCUT2D eigenvalue weighted by molar-refractivity contribution is -0.146. The van der Waals surface area contributed by atoms with Gasteiger partial charge >= 0.3 is 5.97 Å². The van der Waals surface area contributed by atoms with E-state index < -0.39 is 5.92 Å². The summed E-state index contributed by atoms with van der Waals surface area (Å²) in [5.41, 5.74) is 2.75. The second-order valence-electron chi connectivity index (χ2n) is 6.48. The monoisotopic (exact) mass is 352 g/mol. The summed E-state index contributed by atoms with van der Waals surface area (Å²) in [6.07, 6.45) is 2.65. The van der Waals surface area contributed by atoms with Crippen molar-refractivity contribution >= 4 is 17.4 Å². The topological polar surface area (TPSA) is 60.7 Å². The number of nitrogens with zero attached hydrogens (tertiary/aromatic N) is 2. The van der Waals surface area contributed by atoms with Gasteiger partial charge in [0.15, 0.2) is 0 Å². The number of carbonyl (C=O) groups is 1. The van der Waals surface area contributed by atoms with Crippen molar-refractivity contribution in [1.82, 2.24) is 4.57 Å². The summed E-state index contributed by atoms with van der Waals surface area (Å²) in [6, 6.07) is 11.5. The SMILES string of the molecule is CCCn1ccc2c(c1=O)C(c1ccccc1)C(C(=O)OCC)C(C)=N2. The van der Waals surface area contributed by atoms with Crippen molar-refractivity contribution in [2.45, 2.75) is 39.7 Å². The zero-order chi connectivity index (χ0) is 18.7. The maximum atomic E-state index is 13.2. The van der Waals surface area contributed by atoms with E-state index in [1.807, 2.05) is 50.2 Å². The van der Waals surface area contributed by atoms with E-state index in [1.54, 1.807) is 17.7 Å². The lowest BCUT2D eigenvalue weighted by Crippen LogP contribution is -2.37. The van der Waals surface area contributed by atoms with E-state index >= 15 is 0 Å². The van der Waals surface area contributed by atoms with Gasteiger partial charge in [-0.25, -0.2) is 0 Å². The van der Waals surface area contributed by atoms with Crippen LogP contribution in [0.3, 0.4) is 0 Å². The molecule has 0 spiro atoms. The van der Waals surface area contributed by atoms with Crippen LogP contribution >= 0.6 is 0 Å². The largest absolute Gasteiger partial charge is 0.465 e. The Bertz CT molecular complexity index is 884. The summed E-state index contributed by atoms with van der Waals surface area (Å²) < 4.78 is 7.01. The third kappa shape index (κ3) is 3.21. The highest BCUT2D eigenvalue weighted by atomic mass is 16.5. The Balaban J connectivity index is 2.24. The maximum absolute atomic E-state index is 13.2. The smallest absolute Gasteiger partial charge is 0.315 e. The van der Waals surface area contributed by atoms with E-state index in [1.165, 1.54) is 0 Å². The maximum Gasteiger partial charge on any atom is 0.315 e.